The first-order valence-electron chi connectivity index (χ1n) is 7.25. The second-order valence-electron chi connectivity index (χ2n) is 4.93. The minimum absolute atomic E-state index is 0.166. The highest BCUT2D eigenvalue weighted by Crippen LogP contribution is 2.15. The molecule has 0 saturated carbocycles. The molecule has 0 bridgehead atoms. The molecule has 110 valence electrons. The predicted molar refractivity (Wildman–Crippen MR) is 84.1 cm³/mol. The molecule has 21 heavy (non-hydrogen) atoms. The van der Waals surface area contributed by atoms with Crippen molar-refractivity contribution < 1.29 is 9.53 Å². The Kier molecular flexibility index (Phi) is 5.52. The smallest absolute Gasteiger partial charge is 0.338 e. The SMILES string of the molecule is CCOC(=O)c1cccc(C(C)NCc2ccccc2)c1. The number of carbonyl (C=O) groups is 1. The quantitative estimate of drug-likeness (QED) is 0.821. The average molecular weight is 283 g/mol. The van der Waals surface area contributed by atoms with Crippen LogP contribution in [0.3, 0.4) is 0 Å². The molecule has 0 heterocycles. The number of ether oxygens (including phenoxy) is 1. The average Bonchev–Trinajstić information content (AvgIpc) is 2.54. The van der Waals surface area contributed by atoms with Crippen LogP contribution in [-0.2, 0) is 11.3 Å². The van der Waals surface area contributed by atoms with Crippen LogP contribution in [0.15, 0.2) is 54.6 Å². The summed E-state index contributed by atoms with van der Waals surface area (Å²) in [6.07, 6.45) is 0. The van der Waals surface area contributed by atoms with Gasteiger partial charge in [-0.1, -0.05) is 42.5 Å². The Morgan fingerprint density at radius 1 is 1.14 bits per heavy atom. The van der Waals surface area contributed by atoms with Crippen LogP contribution in [0, 0.1) is 0 Å². The summed E-state index contributed by atoms with van der Waals surface area (Å²) < 4.78 is 5.03. The van der Waals surface area contributed by atoms with Gasteiger partial charge in [-0.15, -0.1) is 0 Å². The number of esters is 1. The molecule has 0 fully saturated rings. The lowest BCUT2D eigenvalue weighted by atomic mass is 10.0. The number of nitrogens with one attached hydrogen (secondary N) is 1. The number of hydrogen-bond donors (Lipinski definition) is 1. The van der Waals surface area contributed by atoms with Crippen molar-refractivity contribution in [2.75, 3.05) is 6.61 Å². The van der Waals surface area contributed by atoms with Gasteiger partial charge in [-0.2, -0.15) is 0 Å². The van der Waals surface area contributed by atoms with Crippen LogP contribution in [-0.4, -0.2) is 12.6 Å². The molecule has 3 heteroatoms. The van der Waals surface area contributed by atoms with Crippen molar-refractivity contribution in [3.8, 4) is 0 Å². The summed E-state index contributed by atoms with van der Waals surface area (Å²) in [5.41, 5.74) is 2.92. The van der Waals surface area contributed by atoms with Gasteiger partial charge in [0.2, 0.25) is 0 Å². The molecule has 1 N–H and O–H groups in total. The highest BCUT2D eigenvalue weighted by Gasteiger charge is 2.10. The van der Waals surface area contributed by atoms with E-state index in [1.165, 1.54) is 5.56 Å². The fraction of sp³-hybridized carbons (Fsp3) is 0.278. The maximum atomic E-state index is 11.8. The van der Waals surface area contributed by atoms with Crippen molar-refractivity contribution in [2.24, 2.45) is 0 Å². The topological polar surface area (TPSA) is 38.3 Å². The Bertz CT molecular complexity index is 581. The lowest BCUT2D eigenvalue weighted by molar-refractivity contribution is 0.0526. The Balaban J connectivity index is 2.00. The van der Waals surface area contributed by atoms with Gasteiger partial charge in [0.25, 0.3) is 0 Å². The fourth-order valence-electron chi connectivity index (χ4n) is 2.13. The standard InChI is InChI=1S/C18H21NO2/c1-3-21-18(20)17-11-7-10-16(12-17)14(2)19-13-15-8-5-4-6-9-15/h4-12,14,19H,3,13H2,1-2H3. The second kappa shape index (κ2) is 7.60. The first kappa shape index (κ1) is 15.3. The number of hydrogen-bond acceptors (Lipinski definition) is 3. The molecule has 0 radical (unpaired) electrons. The Morgan fingerprint density at radius 3 is 2.62 bits per heavy atom. The van der Waals surface area contributed by atoms with E-state index in [2.05, 4.69) is 24.4 Å². The first-order valence-corrected chi connectivity index (χ1v) is 7.25. The van der Waals surface area contributed by atoms with Crippen LogP contribution in [0.1, 0.15) is 41.4 Å². The van der Waals surface area contributed by atoms with Gasteiger partial charge in [-0.05, 0) is 37.1 Å². The Morgan fingerprint density at radius 2 is 1.90 bits per heavy atom. The van der Waals surface area contributed by atoms with Gasteiger partial charge < -0.3 is 10.1 Å². The molecule has 1 unspecified atom stereocenters. The van der Waals surface area contributed by atoms with E-state index < -0.39 is 0 Å². The lowest BCUT2D eigenvalue weighted by Gasteiger charge is -2.15. The molecule has 2 aromatic rings. The molecule has 0 aliphatic carbocycles. The molecule has 0 aliphatic heterocycles. The summed E-state index contributed by atoms with van der Waals surface area (Å²) in [4.78, 5) is 11.8. The van der Waals surface area contributed by atoms with Gasteiger partial charge in [0.1, 0.15) is 0 Å². The maximum absolute atomic E-state index is 11.8. The molecule has 0 aliphatic rings. The summed E-state index contributed by atoms with van der Waals surface area (Å²) in [5.74, 6) is -0.269. The van der Waals surface area contributed by atoms with Gasteiger partial charge in [0.05, 0.1) is 12.2 Å². The molecule has 0 aromatic heterocycles. The van der Waals surface area contributed by atoms with Crippen molar-refractivity contribution in [1.82, 2.24) is 5.32 Å². The van der Waals surface area contributed by atoms with E-state index >= 15 is 0 Å². The van der Waals surface area contributed by atoms with Gasteiger partial charge in [-0.25, -0.2) is 4.79 Å². The lowest BCUT2D eigenvalue weighted by Crippen LogP contribution is -2.18. The third kappa shape index (κ3) is 4.43. The van der Waals surface area contributed by atoms with Gasteiger partial charge in [0.15, 0.2) is 0 Å². The molecular formula is C18H21NO2. The van der Waals surface area contributed by atoms with E-state index in [9.17, 15) is 4.79 Å². The monoisotopic (exact) mass is 283 g/mol. The zero-order valence-electron chi connectivity index (χ0n) is 12.5. The van der Waals surface area contributed by atoms with E-state index in [0.29, 0.717) is 12.2 Å². The maximum Gasteiger partial charge on any atom is 0.338 e. The Hall–Kier alpha value is -2.13. The zero-order valence-corrected chi connectivity index (χ0v) is 12.5. The summed E-state index contributed by atoms with van der Waals surface area (Å²) in [6, 6.07) is 18.0. The van der Waals surface area contributed by atoms with E-state index in [0.717, 1.165) is 12.1 Å². The normalized spacial score (nSPS) is 11.9. The first-order chi connectivity index (χ1) is 10.2. The number of rotatable bonds is 6. The third-order valence-corrected chi connectivity index (χ3v) is 3.35. The molecular weight excluding hydrogens is 262 g/mol. The van der Waals surface area contributed by atoms with Crippen molar-refractivity contribution in [3.63, 3.8) is 0 Å². The van der Waals surface area contributed by atoms with Gasteiger partial charge >= 0.3 is 5.97 Å². The van der Waals surface area contributed by atoms with E-state index in [1.807, 2.05) is 43.3 Å². The summed E-state index contributed by atoms with van der Waals surface area (Å²) in [7, 11) is 0. The summed E-state index contributed by atoms with van der Waals surface area (Å²) in [6.45, 7) is 5.09. The van der Waals surface area contributed by atoms with Crippen molar-refractivity contribution in [2.45, 2.75) is 26.4 Å². The molecule has 2 rings (SSSR count). The summed E-state index contributed by atoms with van der Waals surface area (Å²) >= 11 is 0. The summed E-state index contributed by atoms with van der Waals surface area (Å²) in [5, 5.41) is 3.46. The number of benzene rings is 2. The van der Waals surface area contributed by atoms with Crippen LogP contribution >= 0.6 is 0 Å². The third-order valence-electron chi connectivity index (χ3n) is 3.35. The van der Waals surface area contributed by atoms with Crippen LogP contribution in [0.5, 0.6) is 0 Å². The van der Waals surface area contributed by atoms with Crippen LogP contribution < -0.4 is 5.32 Å². The molecule has 1 atom stereocenters. The minimum atomic E-state index is -0.269. The highest BCUT2D eigenvalue weighted by molar-refractivity contribution is 5.89. The van der Waals surface area contributed by atoms with Crippen molar-refractivity contribution in [3.05, 3.63) is 71.3 Å². The van der Waals surface area contributed by atoms with Gasteiger partial charge in [-0.3, -0.25) is 0 Å². The molecule has 2 aromatic carbocycles. The van der Waals surface area contributed by atoms with Crippen molar-refractivity contribution >= 4 is 5.97 Å². The Labute approximate surface area is 126 Å². The number of carbonyl (C=O) groups excluding carboxylic acids is 1. The van der Waals surface area contributed by atoms with E-state index in [-0.39, 0.29) is 12.0 Å². The van der Waals surface area contributed by atoms with E-state index in [4.69, 9.17) is 4.74 Å². The van der Waals surface area contributed by atoms with Crippen molar-refractivity contribution in [1.29, 1.82) is 0 Å². The molecule has 3 nitrogen and oxygen atoms in total. The highest BCUT2D eigenvalue weighted by atomic mass is 16.5. The van der Waals surface area contributed by atoms with Crippen LogP contribution in [0.25, 0.3) is 0 Å². The minimum Gasteiger partial charge on any atom is -0.462 e. The van der Waals surface area contributed by atoms with Crippen LogP contribution in [0.2, 0.25) is 0 Å². The molecule has 0 spiro atoms. The molecule has 0 saturated heterocycles. The van der Waals surface area contributed by atoms with Crippen LogP contribution in [0.4, 0.5) is 0 Å². The van der Waals surface area contributed by atoms with Gasteiger partial charge in [0, 0.05) is 12.6 Å². The predicted octanol–water partition coefficient (Wildman–Crippen LogP) is 3.71. The fourth-order valence-corrected chi connectivity index (χ4v) is 2.13. The largest absolute Gasteiger partial charge is 0.462 e. The zero-order chi connectivity index (χ0) is 15.1. The second-order valence-corrected chi connectivity index (χ2v) is 4.93. The molecule has 0 amide bonds. The van der Waals surface area contributed by atoms with E-state index in [1.54, 1.807) is 6.07 Å².